The van der Waals surface area contributed by atoms with Gasteiger partial charge in [0.15, 0.2) is 29.1 Å². The SMILES string of the molecule is CCOc1nc(N)nc2ncn([C@@H]3O[C@H](CO[P@]4(=O)OCC[C@H](c5cc(OC)ccc5F)O4)[C@H]4OC(=O)O[C@]43C)c12. The molecular weight excluding hydrogens is 568 g/mol. The number of hydrogen-bond acceptors (Lipinski definition) is 14. The Morgan fingerprint density at radius 1 is 1.32 bits per heavy atom. The van der Waals surface area contributed by atoms with Crippen LogP contribution in [0.25, 0.3) is 11.2 Å². The molecule has 220 valence electrons. The van der Waals surface area contributed by atoms with Crippen LogP contribution in [-0.4, -0.2) is 70.4 Å². The monoisotopic (exact) mass is 595 g/mol. The van der Waals surface area contributed by atoms with Gasteiger partial charge in [0.05, 0.1) is 33.0 Å². The second-order valence-corrected chi connectivity index (χ2v) is 11.2. The maximum Gasteiger partial charge on any atom is 0.509 e. The normalized spacial score (nSPS) is 31.1. The lowest BCUT2D eigenvalue weighted by atomic mass is 9.96. The van der Waals surface area contributed by atoms with Crippen LogP contribution in [-0.2, 0) is 32.3 Å². The minimum absolute atomic E-state index is 0.0175. The third-order valence-corrected chi connectivity index (χ3v) is 8.48. The predicted molar refractivity (Wildman–Crippen MR) is 135 cm³/mol. The Hall–Kier alpha value is -3.56. The molecule has 0 aliphatic carbocycles. The molecule has 0 saturated carbocycles. The van der Waals surface area contributed by atoms with E-state index >= 15 is 0 Å². The third kappa shape index (κ3) is 4.85. The van der Waals surface area contributed by atoms with Gasteiger partial charge in [0.25, 0.3) is 0 Å². The van der Waals surface area contributed by atoms with Crippen LogP contribution < -0.4 is 15.2 Å². The maximum absolute atomic E-state index is 14.6. The van der Waals surface area contributed by atoms with Crippen molar-refractivity contribution in [2.75, 3.05) is 32.7 Å². The fourth-order valence-corrected chi connectivity index (χ4v) is 6.54. The predicted octanol–water partition coefficient (Wildman–Crippen LogP) is 3.45. The number of rotatable bonds is 8. The van der Waals surface area contributed by atoms with Crippen molar-refractivity contribution in [3.05, 3.63) is 35.9 Å². The summed E-state index contributed by atoms with van der Waals surface area (Å²) in [5, 5.41) is 0. The molecule has 0 amide bonds. The van der Waals surface area contributed by atoms with E-state index in [1.807, 2.05) is 0 Å². The van der Waals surface area contributed by atoms with E-state index < -0.39 is 49.9 Å². The number of hydrogen-bond donors (Lipinski definition) is 1. The molecule has 2 aromatic heterocycles. The van der Waals surface area contributed by atoms with Gasteiger partial charge in [0.1, 0.15) is 24.0 Å². The molecule has 6 rings (SSSR count). The fraction of sp³-hybridized carbons (Fsp3) is 0.500. The highest BCUT2D eigenvalue weighted by Crippen LogP contribution is 2.58. The maximum atomic E-state index is 14.6. The smallest absolute Gasteiger partial charge is 0.497 e. The third-order valence-electron chi connectivity index (χ3n) is 7.00. The van der Waals surface area contributed by atoms with Crippen molar-refractivity contribution in [1.29, 1.82) is 0 Å². The number of phosphoric acid groups is 1. The molecule has 3 fully saturated rings. The summed E-state index contributed by atoms with van der Waals surface area (Å²) >= 11 is 0. The molecule has 6 atom stereocenters. The first-order valence-corrected chi connectivity index (χ1v) is 14.2. The first-order valence-electron chi connectivity index (χ1n) is 12.7. The van der Waals surface area contributed by atoms with Crippen molar-refractivity contribution in [2.45, 2.75) is 50.4 Å². The summed E-state index contributed by atoms with van der Waals surface area (Å²) < 4.78 is 74.2. The number of halogens is 1. The number of aromatic nitrogens is 4. The Kier molecular flexibility index (Phi) is 6.98. The molecule has 0 radical (unpaired) electrons. The van der Waals surface area contributed by atoms with Gasteiger partial charge >= 0.3 is 14.0 Å². The molecule has 5 heterocycles. The van der Waals surface area contributed by atoms with Crippen LogP contribution >= 0.6 is 7.82 Å². The van der Waals surface area contributed by atoms with Gasteiger partial charge in [-0.1, -0.05) is 0 Å². The lowest BCUT2D eigenvalue weighted by Gasteiger charge is -2.30. The Balaban J connectivity index is 1.25. The molecule has 0 bridgehead atoms. The molecule has 0 unspecified atom stereocenters. The zero-order chi connectivity index (χ0) is 28.9. The topological polar surface area (TPSA) is 178 Å². The number of methoxy groups -OCH3 is 1. The summed E-state index contributed by atoms with van der Waals surface area (Å²) in [7, 11) is -2.74. The number of nitrogens with two attached hydrogens (primary N) is 1. The zero-order valence-corrected chi connectivity index (χ0v) is 23.1. The van der Waals surface area contributed by atoms with Gasteiger partial charge in [-0.3, -0.25) is 18.1 Å². The minimum Gasteiger partial charge on any atom is -0.497 e. The second kappa shape index (κ2) is 10.4. The first kappa shape index (κ1) is 27.6. The Bertz CT molecular complexity index is 1540. The number of phosphoric ester groups is 1. The molecule has 1 aromatic carbocycles. The van der Waals surface area contributed by atoms with Gasteiger partial charge in [-0.25, -0.2) is 18.7 Å². The quantitative estimate of drug-likeness (QED) is 0.296. The Labute approximate surface area is 232 Å². The van der Waals surface area contributed by atoms with E-state index in [0.717, 1.165) is 0 Å². The average molecular weight is 595 g/mol. The largest absolute Gasteiger partial charge is 0.509 e. The molecule has 3 aromatic rings. The van der Waals surface area contributed by atoms with Crippen LogP contribution in [0.5, 0.6) is 11.6 Å². The van der Waals surface area contributed by atoms with Crippen LogP contribution in [0.1, 0.15) is 38.2 Å². The van der Waals surface area contributed by atoms with Gasteiger partial charge in [0.2, 0.25) is 11.8 Å². The van der Waals surface area contributed by atoms with E-state index in [1.54, 1.807) is 18.4 Å². The zero-order valence-electron chi connectivity index (χ0n) is 22.2. The van der Waals surface area contributed by atoms with Crippen molar-refractivity contribution in [3.8, 4) is 11.6 Å². The highest BCUT2D eigenvalue weighted by atomic mass is 31.2. The van der Waals surface area contributed by atoms with Crippen LogP contribution in [0, 0.1) is 5.82 Å². The van der Waals surface area contributed by atoms with Crippen LogP contribution in [0.4, 0.5) is 15.1 Å². The van der Waals surface area contributed by atoms with Crippen LogP contribution in [0.15, 0.2) is 24.5 Å². The van der Waals surface area contributed by atoms with Gasteiger partial charge in [0, 0.05) is 12.0 Å². The van der Waals surface area contributed by atoms with E-state index in [2.05, 4.69) is 15.0 Å². The van der Waals surface area contributed by atoms with Gasteiger partial charge in [-0.2, -0.15) is 9.97 Å². The van der Waals surface area contributed by atoms with Crippen molar-refractivity contribution in [3.63, 3.8) is 0 Å². The van der Waals surface area contributed by atoms with Gasteiger partial charge in [-0.05, 0) is 32.0 Å². The van der Waals surface area contributed by atoms with Crippen molar-refractivity contribution in [2.24, 2.45) is 0 Å². The lowest BCUT2D eigenvalue weighted by Crippen LogP contribution is -2.42. The standard InChI is InChI=1S/C24H27FN5O10P/c1-4-34-20-17-19(28-22(26)29-20)27-11-30(17)21-24(2)18(38-23(31)39-24)16(37-21)10-36-41(32)35-8-7-15(40-41)13-9-12(33-3)5-6-14(13)25/h5-6,9,11,15-16,18,21H,4,7-8,10H2,1-3H3,(H2,26,28,29)/t15-,16-,18-,21-,24-,41+/m1/s1. The van der Waals surface area contributed by atoms with E-state index in [0.29, 0.717) is 11.3 Å². The van der Waals surface area contributed by atoms with E-state index in [-0.39, 0.29) is 49.3 Å². The Morgan fingerprint density at radius 3 is 2.93 bits per heavy atom. The number of ether oxygens (including phenoxy) is 5. The fourth-order valence-electron chi connectivity index (χ4n) is 5.15. The van der Waals surface area contributed by atoms with Crippen LogP contribution in [0.2, 0.25) is 0 Å². The van der Waals surface area contributed by atoms with Gasteiger partial charge in [-0.15, -0.1) is 0 Å². The summed E-state index contributed by atoms with van der Waals surface area (Å²) in [4.78, 5) is 24.8. The number of carbonyl (C=O) groups excluding carboxylic acids is 1. The number of benzene rings is 1. The van der Waals surface area contributed by atoms with Crippen molar-refractivity contribution in [1.82, 2.24) is 19.5 Å². The second-order valence-electron chi connectivity index (χ2n) is 9.59. The minimum atomic E-state index is -4.19. The molecule has 15 nitrogen and oxygen atoms in total. The summed E-state index contributed by atoms with van der Waals surface area (Å²) in [6, 6.07) is 4.16. The number of nitrogen functional groups attached to an aromatic ring is 1. The molecule has 3 saturated heterocycles. The number of nitrogens with zero attached hydrogens (tertiary/aromatic N) is 4. The molecule has 0 spiro atoms. The molecule has 41 heavy (non-hydrogen) atoms. The molecule has 17 heteroatoms. The van der Waals surface area contributed by atoms with Crippen molar-refractivity contribution >= 4 is 31.1 Å². The van der Waals surface area contributed by atoms with E-state index in [4.69, 9.17) is 43.0 Å². The van der Waals surface area contributed by atoms with Gasteiger partial charge < -0.3 is 29.4 Å². The summed E-state index contributed by atoms with van der Waals surface area (Å²) in [6.07, 6.45) is -3.15. The number of imidazole rings is 1. The summed E-state index contributed by atoms with van der Waals surface area (Å²) in [5.41, 5.74) is 5.17. The molecule has 3 aliphatic heterocycles. The number of fused-ring (bicyclic) bond motifs is 2. The molecule has 2 N–H and O–H groups in total. The summed E-state index contributed by atoms with van der Waals surface area (Å²) in [6.45, 7) is 3.28. The van der Waals surface area contributed by atoms with E-state index in [9.17, 15) is 13.8 Å². The van der Waals surface area contributed by atoms with Crippen LogP contribution in [0.3, 0.4) is 0 Å². The summed E-state index contributed by atoms with van der Waals surface area (Å²) in [5.74, 6) is -0.0198. The Morgan fingerprint density at radius 2 is 2.15 bits per heavy atom. The number of carbonyl (C=O) groups is 1. The molecule has 3 aliphatic rings. The highest BCUT2D eigenvalue weighted by molar-refractivity contribution is 7.48. The first-order chi connectivity index (χ1) is 19.6. The average Bonchev–Trinajstić information content (AvgIpc) is 3.56. The van der Waals surface area contributed by atoms with E-state index in [1.165, 1.54) is 31.6 Å². The number of anilines is 1. The molecular formula is C24H27FN5O10P. The van der Waals surface area contributed by atoms with Crippen molar-refractivity contribution < 1.29 is 51.0 Å². The lowest BCUT2D eigenvalue weighted by molar-refractivity contribution is -0.0925. The highest BCUT2D eigenvalue weighted by Gasteiger charge is 2.64.